The van der Waals surface area contributed by atoms with Crippen LogP contribution in [0.2, 0.25) is 0 Å². The Hall–Kier alpha value is -1.09. The van der Waals surface area contributed by atoms with Gasteiger partial charge in [0.2, 0.25) is 0 Å². The molecule has 80 valence electrons. The van der Waals surface area contributed by atoms with Crippen molar-refractivity contribution in [3.63, 3.8) is 0 Å². The van der Waals surface area contributed by atoms with Crippen molar-refractivity contribution in [1.29, 1.82) is 0 Å². The van der Waals surface area contributed by atoms with Gasteiger partial charge in [-0.25, -0.2) is 0 Å². The smallest absolute Gasteiger partial charge is 0.253 e. The van der Waals surface area contributed by atoms with E-state index in [1.165, 1.54) is 12.0 Å². The fraction of sp³-hybridized carbons (Fsp3) is 0.583. The van der Waals surface area contributed by atoms with Crippen LogP contribution in [0.5, 0.6) is 0 Å². The van der Waals surface area contributed by atoms with E-state index in [0.29, 0.717) is 11.8 Å². The molecule has 1 aliphatic heterocycles. The largest absolute Gasteiger partial charge is 0.318 e. The van der Waals surface area contributed by atoms with E-state index in [4.69, 9.17) is 0 Å². The Balaban J connectivity index is 2.17. The molecule has 3 heteroatoms. The van der Waals surface area contributed by atoms with Gasteiger partial charge in [0.25, 0.3) is 5.56 Å². The van der Waals surface area contributed by atoms with Crippen molar-refractivity contribution in [1.82, 2.24) is 9.88 Å². The van der Waals surface area contributed by atoms with Gasteiger partial charge in [-0.15, -0.1) is 0 Å². The maximum atomic E-state index is 12.0. The van der Waals surface area contributed by atoms with Crippen LogP contribution in [0.15, 0.2) is 17.1 Å². The van der Waals surface area contributed by atoms with E-state index in [2.05, 4.69) is 11.4 Å². The fourth-order valence-electron chi connectivity index (χ4n) is 3.00. The molecule has 0 aromatic carbocycles. The summed E-state index contributed by atoms with van der Waals surface area (Å²) in [5, 5.41) is 3.45. The third-order valence-corrected chi connectivity index (χ3v) is 3.78. The van der Waals surface area contributed by atoms with Gasteiger partial charge >= 0.3 is 0 Å². The molecular formula is C12H16N2O. The Morgan fingerprint density at radius 1 is 1.47 bits per heavy atom. The standard InChI is InChI=1S/C12H16N2O/c1-14-3-2-10-9-4-8(6-13-7-9)5-11(10)12(14)15/h2-3,8-9,13H,4-7H2,1H3. The SMILES string of the molecule is Cn1ccc2c(c1=O)CC1CNCC2C1. The number of aryl methyl sites for hydroxylation is 1. The van der Waals surface area contributed by atoms with E-state index in [0.717, 1.165) is 25.1 Å². The van der Waals surface area contributed by atoms with Crippen LogP contribution in [-0.2, 0) is 13.5 Å². The fourth-order valence-corrected chi connectivity index (χ4v) is 3.00. The predicted octanol–water partition coefficient (Wildman–Crippen LogP) is 0.634. The van der Waals surface area contributed by atoms with Crippen molar-refractivity contribution in [2.75, 3.05) is 13.1 Å². The number of piperidine rings is 1. The molecule has 0 spiro atoms. The molecule has 1 aromatic heterocycles. The van der Waals surface area contributed by atoms with Crippen molar-refractivity contribution in [3.05, 3.63) is 33.7 Å². The summed E-state index contributed by atoms with van der Waals surface area (Å²) >= 11 is 0. The van der Waals surface area contributed by atoms with Crippen LogP contribution in [0.1, 0.15) is 23.5 Å². The van der Waals surface area contributed by atoms with Crippen molar-refractivity contribution in [2.45, 2.75) is 18.8 Å². The Labute approximate surface area is 89.1 Å². The van der Waals surface area contributed by atoms with E-state index < -0.39 is 0 Å². The molecule has 1 N–H and O–H groups in total. The minimum atomic E-state index is 0.212. The average molecular weight is 204 g/mol. The second kappa shape index (κ2) is 3.20. The molecular weight excluding hydrogens is 188 g/mol. The minimum absolute atomic E-state index is 0.212. The molecule has 0 saturated carbocycles. The monoisotopic (exact) mass is 204 g/mol. The second-order valence-electron chi connectivity index (χ2n) is 4.83. The first-order valence-corrected chi connectivity index (χ1v) is 5.65. The first-order valence-electron chi connectivity index (χ1n) is 5.65. The maximum absolute atomic E-state index is 12.0. The summed E-state index contributed by atoms with van der Waals surface area (Å²) < 4.78 is 1.70. The summed E-state index contributed by atoms with van der Waals surface area (Å²) in [6.07, 6.45) is 4.12. The number of nitrogens with one attached hydrogen (secondary N) is 1. The molecule has 2 unspecified atom stereocenters. The Morgan fingerprint density at radius 3 is 3.20 bits per heavy atom. The van der Waals surface area contributed by atoms with Crippen molar-refractivity contribution in [3.8, 4) is 0 Å². The minimum Gasteiger partial charge on any atom is -0.318 e. The third kappa shape index (κ3) is 1.34. The summed E-state index contributed by atoms with van der Waals surface area (Å²) in [5.74, 6) is 1.24. The van der Waals surface area contributed by atoms with Crippen LogP contribution >= 0.6 is 0 Å². The van der Waals surface area contributed by atoms with Gasteiger partial charge in [0.15, 0.2) is 0 Å². The Morgan fingerprint density at radius 2 is 2.33 bits per heavy atom. The van der Waals surface area contributed by atoms with Gasteiger partial charge in [-0.3, -0.25) is 4.79 Å². The number of aromatic nitrogens is 1. The lowest BCUT2D eigenvalue weighted by Gasteiger charge is -2.36. The number of rotatable bonds is 0. The molecule has 1 aromatic rings. The number of hydrogen-bond donors (Lipinski definition) is 1. The number of fused-ring (bicyclic) bond motifs is 4. The summed E-state index contributed by atoms with van der Waals surface area (Å²) in [7, 11) is 1.84. The first-order chi connectivity index (χ1) is 7.25. The second-order valence-corrected chi connectivity index (χ2v) is 4.83. The van der Waals surface area contributed by atoms with Crippen LogP contribution < -0.4 is 10.9 Å². The molecule has 2 aliphatic rings. The molecule has 3 rings (SSSR count). The van der Waals surface area contributed by atoms with Gasteiger partial charge in [0.1, 0.15) is 0 Å². The normalized spacial score (nSPS) is 28.6. The summed E-state index contributed by atoms with van der Waals surface area (Å²) in [6.45, 7) is 2.12. The molecule has 15 heavy (non-hydrogen) atoms. The van der Waals surface area contributed by atoms with Gasteiger partial charge in [-0.2, -0.15) is 0 Å². The summed E-state index contributed by atoms with van der Waals surface area (Å²) in [4.78, 5) is 12.0. The van der Waals surface area contributed by atoms with Crippen molar-refractivity contribution >= 4 is 0 Å². The highest BCUT2D eigenvalue weighted by atomic mass is 16.1. The highest BCUT2D eigenvalue weighted by Gasteiger charge is 2.31. The lowest BCUT2D eigenvalue weighted by atomic mass is 9.75. The van der Waals surface area contributed by atoms with E-state index in [-0.39, 0.29) is 5.56 Å². The summed E-state index contributed by atoms with van der Waals surface area (Å²) in [5.41, 5.74) is 2.58. The zero-order chi connectivity index (χ0) is 10.4. The topological polar surface area (TPSA) is 34.0 Å². The van der Waals surface area contributed by atoms with E-state index >= 15 is 0 Å². The Kier molecular flexibility index (Phi) is 1.96. The molecule has 1 fully saturated rings. The van der Waals surface area contributed by atoms with Gasteiger partial charge in [-0.1, -0.05) is 0 Å². The van der Waals surface area contributed by atoms with Crippen LogP contribution in [0.25, 0.3) is 0 Å². The zero-order valence-electron chi connectivity index (χ0n) is 8.99. The molecule has 2 bridgehead atoms. The van der Waals surface area contributed by atoms with Gasteiger partial charge in [0.05, 0.1) is 0 Å². The van der Waals surface area contributed by atoms with Crippen LogP contribution in [0.3, 0.4) is 0 Å². The molecule has 2 heterocycles. The number of nitrogens with zero attached hydrogens (tertiary/aromatic N) is 1. The number of pyridine rings is 1. The maximum Gasteiger partial charge on any atom is 0.253 e. The predicted molar refractivity (Wildman–Crippen MR) is 59.1 cm³/mol. The van der Waals surface area contributed by atoms with Gasteiger partial charge in [0, 0.05) is 25.4 Å². The van der Waals surface area contributed by atoms with E-state index in [1.807, 2.05) is 13.2 Å². The van der Waals surface area contributed by atoms with Gasteiger partial charge < -0.3 is 9.88 Å². The first kappa shape index (κ1) is 9.16. The third-order valence-electron chi connectivity index (χ3n) is 3.78. The average Bonchev–Trinajstić information content (AvgIpc) is 2.25. The Bertz CT molecular complexity index is 449. The highest BCUT2D eigenvalue weighted by molar-refractivity contribution is 5.32. The molecule has 1 aliphatic carbocycles. The van der Waals surface area contributed by atoms with Gasteiger partial charge in [-0.05, 0) is 42.9 Å². The van der Waals surface area contributed by atoms with Crippen LogP contribution in [-0.4, -0.2) is 17.7 Å². The lowest BCUT2D eigenvalue weighted by Crippen LogP contribution is -2.42. The molecule has 3 nitrogen and oxygen atoms in total. The van der Waals surface area contributed by atoms with Crippen molar-refractivity contribution < 1.29 is 0 Å². The molecule has 0 radical (unpaired) electrons. The van der Waals surface area contributed by atoms with E-state index in [9.17, 15) is 4.79 Å². The van der Waals surface area contributed by atoms with Crippen LogP contribution in [0, 0.1) is 5.92 Å². The molecule has 2 atom stereocenters. The lowest BCUT2D eigenvalue weighted by molar-refractivity contribution is 0.316. The zero-order valence-corrected chi connectivity index (χ0v) is 8.99. The summed E-state index contributed by atoms with van der Waals surface area (Å²) in [6, 6.07) is 2.13. The highest BCUT2D eigenvalue weighted by Crippen LogP contribution is 2.34. The molecule has 0 amide bonds. The van der Waals surface area contributed by atoms with Crippen LogP contribution in [0.4, 0.5) is 0 Å². The quantitative estimate of drug-likeness (QED) is 0.672. The van der Waals surface area contributed by atoms with Crippen molar-refractivity contribution in [2.24, 2.45) is 13.0 Å². The molecule has 1 saturated heterocycles. The van der Waals surface area contributed by atoms with E-state index in [1.54, 1.807) is 4.57 Å². The number of hydrogen-bond acceptors (Lipinski definition) is 2.